The van der Waals surface area contributed by atoms with Crippen molar-refractivity contribution in [2.24, 2.45) is 0 Å². The van der Waals surface area contributed by atoms with E-state index in [1.165, 1.54) is 11.3 Å². The number of piperazine rings is 1. The Morgan fingerprint density at radius 3 is 2.83 bits per heavy atom. The van der Waals surface area contributed by atoms with E-state index in [9.17, 15) is 0 Å². The van der Waals surface area contributed by atoms with E-state index in [1.54, 1.807) is 0 Å². The number of nitrogens with one attached hydrogen (secondary N) is 1. The number of nitrogens with zero attached hydrogens (tertiary/aromatic N) is 2. The highest BCUT2D eigenvalue weighted by Gasteiger charge is 2.14. The highest BCUT2D eigenvalue weighted by molar-refractivity contribution is 5.81. The minimum absolute atomic E-state index is 0.825. The van der Waals surface area contributed by atoms with E-state index in [0.29, 0.717) is 0 Å². The fourth-order valence-corrected chi connectivity index (χ4v) is 2.48. The topological polar surface area (TPSA) is 41.3 Å². The van der Waals surface area contributed by atoms with Gasteiger partial charge in [-0.2, -0.15) is 0 Å². The third-order valence-corrected chi connectivity index (χ3v) is 3.49. The lowest BCUT2D eigenvalue weighted by atomic mass is 10.1. The molecular weight excluding hydrogens is 226 g/mol. The number of aryl methyl sites for hydroxylation is 2. The van der Waals surface area contributed by atoms with Crippen LogP contribution >= 0.6 is 0 Å². The first kappa shape index (κ1) is 11.5. The fraction of sp³-hybridized carbons (Fsp3) is 0.500. The summed E-state index contributed by atoms with van der Waals surface area (Å²) >= 11 is 0. The molecule has 0 spiro atoms. The number of oxazole rings is 1. The lowest BCUT2D eigenvalue weighted by Gasteiger charge is -2.29. The van der Waals surface area contributed by atoms with E-state index >= 15 is 0 Å². The van der Waals surface area contributed by atoms with Crippen molar-refractivity contribution in [1.29, 1.82) is 0 Å². The van der Waals surface area contributed by atoms with E-state index in [-0.39, 0.29) is 0 Å². The first-order chi connectivity index (χ1) is 8.78. The Kier molecular flexibility index (Phi) is 2.96. The number of aromatic nitrogens is 1. The lowest BCUT2D eigenvalue weighted by molar-refractivity contribution is 0.536. The second kappa shape index (κ2) is 4.61. The van der Waals surface area contributed by atoms with E-state index in [0.717, 1.165) is 49.6 Å². The molecule has 3 rings (SSSR count). The average molecular weight is 245 g/mol. The third-order valence-electron chi connectivity index (χ3n) is 3.49. The minimum Gasteiger partial charge on any atom is -0.440 e. The molecule has 96 valence electrons. The van der Waals surface area contributed by atoms with Gasteiger partial charge in [-0.3, -0.25) is 0 Å². The van der Waals surface area contributed by atoms with Crippen LogP contribution in [0, 0.1) is 6.92 Å². The maximum atomic E-state index is 5.75. The van der Waals surface area contributed by atoms with Crippen LogP contribution in [0.2, 0.25) is 0 Å². The van der Waals surface area contributed by atoms with E-state index in [4.69, 9.17) is 4.42 Å². The second-order valence-corrected chi connectivity index (χ2v) is 4.81. The number of anilines is 1. The summed E-state index contributed by atoms with van der Waals surface area (Å²) in [5, 5.41) is 3.37. The second-order valence-electron chi connectivity index (χ2n) is 4.81. The van der Waals surface area contributed by atoms with Crippen LogP contribution < -0.4 is 10.2 Å². The predicted octanol–water partition coefficient (Wildman–Crippen LogP) is 2.11. The van der Waals surface area contributed by atoms with Gasteiger partial charge in [0.15, 0.2) is 11.5 Å². The maximum absolute atomic E-state index is 5.75. The molecule has 1 N–H and O–H groups in total. The summed E-state index contributed by atoms with van der Waals surface area (Å²) < 4.78 is 5.75. The number of fused-ring (bicyclic) bond motifs is 1. The molecule has 1 fully saturated rings. The van der Waals surface area contributed by atoms with Gasteiger partial charge in [0.2, 0.25) is 0 Å². The van der Waals surface area contributed by atoms with Gasteiger partial charge in [0.25, 0.3) is 0 Å². The Hall–Kier alpha value is -1.55. The van der Waals surface area contributed by atoms with Crippen molar-refractivity contribution < 1.29 is 4.42 Å². The van der Waals surface area contributed by atoms with Gasteiger partial charge in [-0.25, -0.2) is 4.98 Å². The maximum Gasteiger partial charge on any atom is 0.195 e. The quantitative estimate of drug-likeness (QED) is 0.880. The van der Waals surface area contributed by atoms with Gasteiger partial charge in [-0.05, 0) is 24.6 Å². The third kappa shape index (κ3) is 1.97. The number of benzene rings is 1. The van der Waals surface area contributed by atoms with Gasteiger partial charge in [0.05, 0.1) is 0 Å². The summed E-state index contributed by atoms with van der Waals surface area (Å²) in [5.41, 5.74) is 4.36. The van der Waals surface area contributed by atoms with Crippen molar-refractivity contribution >= 4 is 16.8 Å². The Bertz CT molecular complexity index is 555. The van der Waals surface area contributed by atoms with Crippen LogP contribution in [0.4, 0.5) is 5.69 Å². The lowest BCUT2D eigenvalue weighted by Crippen LogP contribution is -2.43. The van der Waals surface area contributed by atoms with Crippen molar-refractivity contribution in [3.8, 4) is 0 Å². The van der Waals surface area contributed by atoms with Crippen molar-refractivity contribution in [3.05, 3.63) is 23.6 Å². The molecule has 1 aliphatic heterocycles. The molecule has 1 aromatic carbocycles. The molecule has 4 heteroatoms. The summed E-state index contributed by atoms with van der Waals surface area (Å²) in [7, 11) is 0. The Balaban J connectivity index is 2.02. The first-order valence-electron chi connectivity index (χ1n) is 6.63. The molecule has 4 nitrogen and oxygen atoms in total. The summed E-state index contributed by atoms with van der Waals surface area (Å²) in [6, 6.07) is 4.36. The molecule has 1 aliphatic rings. The SMILES string of the molecule is CCc1nc2cc(N3CCNCC3)cc(C)c2o1. The zero-order valence-corrected chi connectivity index (χ0v) is 11.0. The van der Waals surface area contributed by atoms with Gasteiger partial charge < -0.3 is 14.6 Å². The van der Waals surface area contributed by atoms with E-state index in [2.05, 4.69) is 41.2 Å². The fourth-order valence-electron chi connectivity index (χ4n) is 2.48. The summed E-state index contributed by atoms with van der Waals surface area (Å²) in [6.45, 7) is 8.38. The van der Waals surface area contributed by atoms with Crippen LogP contribution in [0.3, 0.4) is 0 Å². The van der Waals surface area contributed by atoms with Crippen LogP contribution in [-0.2, 0) is 6.42 Å². The Morgan fingerprint density at radius 2 is 2.11 bits per heavy atom. The molecule has 0 aliphatic carbocycles. The first-order valence-corrected chi connectivity index (χ1v) is 6.63. The molecule has 0 amide bonds. The van der Waals surface area contributed by atoms with E-state index in [1.807, 2.05) is 0 Å². The number of hydrogen-bond donors (Lipinski definition) is 1. The molecule has 2 heterocycles. The average Bonchev–Trinajstić information content (AvgIpc) is 2.83. The van der Waals surface area contributed by atoms with Crippen molar-refractivity contribution in [1.82, 2.24) is 10.3 Å². The molecule has 0 saturated carbocycles. The van der Waals surface area contributed by atoms with E-state index < -0.39 is 0 Å². The zero-order chi connectivity index (χ0) is 12.5. The zero-order valence-electron chi connectivity index (χ0n) is 11.0. The van der Waals surface area contributed by atoms with Gasteiger partial charge in [0, 0.05) is 38.3 Å². The molecule has 0 bridgehead atoms. The minimum atomic E-state index is 0.825. The highest BCUT2D eigenvalue weighted by Crippen LogP contribution is 2.26. The predicted molar refractivity (Wildman–Crippen MR) is 73.2 cm³/mol. The monoisotopic (exact) mass is 245 g/mol. The molecule has 18 heavy (non-hydrogen) atoms. The molecule has 2 aromatic rings. The molecule has 0 unspecified atom stereocenters. The largest absolute Gasteiger partial charge is 0.440 e. The normalized spacial score (nSPS) is 16.4. The molecule has 1 saturated heterocycles. The van der Waals surface area contributed by atoms with Crippen molar-refractivity contribution in [2.45, 2.75) is 20.3 Å². The Labute approximate surface area is 107 Å². The van der Waals surface area contributed by atoms with Crippen LogP contribution in [-0.4, -0.2) is 31.2 Å². The van der Waals surface area contributed by atoms with Crippen LogP contribution in [0.1, 0.15) is 18.4 Å². The van der Waals surface area contributed by atoms with Gasteiger partial charge >= 0.3 is 0 Å². The summed E-state index contributed by atoms with van der Waals surface area (Å²) in [6.07, 6.45) is 0.844. The summed E-state index contributed by atoms with van der Waals surface area (Å²) in [4.78, 5) is 6.94. The summed E-state index contributed by atoms with van der Waals surface area (Å²) in [5.74, 6) is 0.825. The van der Waals surface area contributed by atoms with Crippen molar-refractivity contribution in [2.75, 3.05) is 31.1 Å². The highest BCUT2D eigenvalue weighted by atomic mass is 16.3. The number of hydrogen-bond acceptors (Lipinski definition) is 4. The van der Waals surface area contributed by atoms with Gasteiger partial charge in [-0.1, -0.05) is 6.92 Å². The van der Waals surface area contributed by atoms with Crippen LogP contribution in [0.5, 0.6) is 0 Å². The molecular formula is C14H19N3O. The smallest absolute Gasteiger partial charge is 0.195 e. The van der Waals surface area contributed by atoms with Crippen LogP contribution in [0.25, 0.3) is 11.1 Å². The molecule has 0 atom stereocenters. The van der Waals surface area contributed by atoms with Gasteiger partial charge in [0.1, 0.15) is 5.52 Å². The standard InChI is InChI=1S/C14H19N3O/c1-3-13-16-12-9-11(8-10(2)14(12)18-13)17-6-4-15-5-7-17/h8-9,15H,3-7H2,1-2H3. The Morgan fingerprint density at radius 1 is 1.33 bits per heavy atom. The van der Waals surface area contributed by atoms with Crippen LogP contribution in [0.15, 0.2) is 16.5 Å². The number of rotatable bonds is 2. The van der Waals surface area contributed by atoms with Gasteiger partial charge in [-0.15, -0.1) is 0 Å². The van der Waals surface area contributed by atoms with Crippen molar-refractivity contribution in [3.63, 3.8) is 0 Å². The molecule has 1 aromatic heterocycles. The molecule has 0 radical (unpaired) electrons.